The first-order chi connectivity index (χ1) is 14.2. The van der Waals surface area contributed by atoms with Crippen molar-refractivity contribution in [1.29, 1.82) is 0 Å². The molecule has 0 bridgehead atoms. The molecule has 3 aromatic carbocycles. The molecule has 8 nitrogen and oxygen atoms in total. The number of sulfonamides is 1. The minimum atomic E-state index is -4.12. The molecule has 154 valence electrons. The number of carbonyl (C=O) groups excluding carboxylic acids is 1. The lowest BCUT2D eigenvalue weighted by atomic mass is 10.0. The Bertz CT molecular complexity index is 1230. The number of carbonyl (C=O) groups is 1. The molecule has 30 heavy (non-hydrogen) atoms. The van der Waals surface area contributed by atoms with Crippen LogP contribution in [-0.4, -0.2) is 26.2 Å². The molecule has 0 atom stereocenters. The zero-order valence-electron chi connectivity index (χ0n) is 15.5. The number of hydrogen-bond acceptors (Lipinski definition) is 6. The second-order valence-electron chi connectivity index (χ2n) is 6.08. The summed E-state index contributed by atoms with van der Waals surface area (Å²) in [4.78, 5) is 23.0. The third kappa shape index (κ3) is 4.42. The van der Waals surface area contributed by atoms with E-state index < -0.39 is 20.7 Å². The van der Waals surface area contributed by atoms with Crippen molar-refractivity contribution in [2.24, 2.45) is 0 Å². The highest BCUT2D eigenvalue weighted by Gasteiger charge is 2.22. The lowest BCUT2D eigenvalue weighted by Crippen LogP contribution is -2.16. The van der Waals surface area contributed by atoms with Gasteiger partial charge in [-0.25, -0.2) is 8.42 Å². The maximum Gasteiger partial charge on any atom is 0.269 e. The molecule has 0 fully saturated rings. The molecule has 0 aliphatic heterocycles. The van der Waals surface area contributed by atoms with Gasteiger partial charge in [0.2, 0.25) is 0 Å². The topological polar surface area (TPSA) is 116 Å². The third-order valence-electron chi connectivity index (χ3n) is 4.18. The SMILES string of the molecule is COc1ccccc1C(=O)c1cc(Cl)ccc1NS(=O)(=O)c1ccc([N+](=O)[O-])cc1. The standard InChI is InChI=1S/C20H15ClN2O6S/c1-29-19-5-3-2-4-16(19)20(24)17-12-13(21)6-11-18(17)22-30(27,28)15-9-7-14(8-10-15)23(25)26/h2-12,22H,1H3. The quantitative estimate of drug-likeness (QED) is 0.329. The molecule has 10 heteroatoms. The number of nitro benzene ring substituents is 1. The number of ether oxygens (including phenoxy) is 1. The van der Waals surface area contributed by atoms with E-state index in [1.165, 1.54) is 25.3 Å². The van der Waals surface area contributed by atoms with Crippen LogP contribution in [-0.2, 0) is 10.0 Å². The lowest BCUT2D eigenvalue weighted by molar-refractivity contribution is -0.384. The van der Waals surface area contributed by atoms with Gasteiger partial charge in [0.1, 0.15) is 5.75 Å². The predicted octanol–water partition coefficient (Wildman–Crippen LogP) is 4.29. The van der Waals surface area contributed by atoms with E-state index in [-0.39, 0.29) is 32.4 Å². The molecule has 0 aliphatic carbocycles. The molecule has 0 saturated carbocycles. The van der Waals surface area contributed by atoms with E-state index in [9.17, 15) is 23.3 Å². The Balaban J connectivity index is 2.01. The summed E-state index contributed by atoms with van der Waals surface area (Å²) in [5, 5.41) is 11.0. The molecular formula is C20H15ClN2O6S. The van der Waals surface area contributed by atoms with Gasteiger partial charge < -0.3 is 4.74 Å². The van der Waals surface area contributed by atoms with E-state index >= 15 is 0 Å². The van der Waals surface area contributed by atoms with Gasteiger partial charge in [0.05, 0.1) is 28.2 Å². The van der Waals surface area contributed by atoms with E-state index in [4.69, 9.17) is 16.3 Å². The highest BCUT2D eigenvalue weighted by atomic mass is 35.5. The second-order valence-corrected chi connectivity index (χ2v) is 8.19. The Morgan fingerprint density at radius 2 is 1.70 bits per heavy atom. The van der Waals surface area contributed by atoms with E-state index in [1.807, 2.05) is 0 Å². The summed E-state index contributed by atoms with van der Waals surface area (Å²) in [6, 6.07) is 15.1. The zero-order valence-corrected chi connectivity index (χ0v) is 17.1. The number of methoxy groups -OCH3 is 1. The Morgan fingerprint density at radius 1 is 1.03 bits per heavy atom. The van der Waals surface area contributed by atoms with Crippen molar-refractivity contribution < 1.29 is 22.9 Å². The van der Waals surface area contributed by atoms with E-state index in [0.29, 0.717) is 5.75 Å². The summed E-state index contributed by atoms with van der Waals surface area (Å²) in [7, 11) is -2.70. The smallest absolute Gasteiger partial charge is 0.269 e. The molecule has 0 unspecified atom stereocenters. The molecule has 0 heterocycles. The summed E-state index contributed by atoms with van der Waals surface area (Å²) < 4.78 is 33.1. The van der Waals surface area contributed by atoms with Crippen LogP contribution in [0.25, 0.3) is 0 Å². The second kappa shape index (κ2) is 8.52. The maximum absolute atomic E-state index is 13.1. The van der Waals surface area contributed by atoms with Crippen LogP contribution >= 0.6 is 11.6 Å². The Morgan fingerprint density at radius 3 is 2.33 bits per heavy atom. The first-order valence-electron chi connectivity index (χ1n) is 8.47. The van der Waals surface area contributed by atoms with E-state index in [2.05, 4.69) is 4.72 Å². The molecule has 0 aliphatic rings. The van der Waals surface area contributed by atoms with Crippen molar-refractivity contribution in [3.63, 3.8) is 0 Å². The fraction of sp³-hybridized carbons (Fsp3) is 0.0500. The summed E-state index contributed by atoms with van der Waals surface area (Å²) >= 11 is 6.03. The van der Waals surface area contributed by atoms with Gasteiger partial charge >= 0.3 is 0 Å². The van der Waals surface area contributed by atoms with Gasteiger partial charge in [-0.2, -0.15) is 0 Å². The number of nitro groups is 1. The molecular weight excluding hydrogens is 432 g/mol. The van der Waals surface area contributed by atoms with Crippen molar-refractivity contribution in [2.45, 2.75) is 4.90 Å². The van der Waals surface area contributed by atoms with Gasteiger partial charge in [0, 0.05) is 22.7 Å². The third-order valence-corrected chi connectivity index (χ3v) is 5.80. The molecule has 0 aromatic heterocycles. The monoisotopic (exact) mass is 446 g/mol. The van der Waals surface area contributed by atoms with Crippen molar-refractivity contribution >= 4 is 38.8 Å². The predicted molar refractivity (Wildman–Crippen MR) is 112 cm³/mol. The number of non-ortho nitro benzene ring substituents is 1. The van der Waals surface area contributed by atoms with Crippen LogP contribution in [0.3, 0.4) is 0 Å². The molecule has 0 amide bonds. The molecule has 3 aromatic rings. The largest absolute Gasteiger partial charge is 0.496 e. The molecule has 1 N–H and O–H groups in total. The van der Waals surface area contributed by atoms with Crippen LogP contribution in [0.5, 0.6) is 5.75 Å². The summed E-state index contributed by atoms with van der Waals surface area (Å²) in [5.41, 5.74) is 0.0247. The first-order valence-corrected chi connectivity index (χ1v) is 10.3. The Kier molecular flexibility index (Phi) is 6.04. The fourth-order valence-electron chi connectivity index (χ4n) is 2.72. The van der Waals surface area contributed by atoms with Crippen LogP contribution in [0.1, 0.15) is 15.9 Å². The number of hydrogen-bond donors (Lipinski definition) is 1. The first kappa shape index (κ1) is 21.3. The normalized spacial score (nSPS) is 11.0. The van der Waals surface area contributed by atoms with Crippen molar-refractivity contribution in [3.8, 4) is 5.75 Å². The van der Waals surface area contributed by atoms with Crippen molar-refractivity contribution in [2.75, 3.05) is 11.8 Å². The van der Waals surface area contributed by atoms with E-state index in [0.717, 1.165) is 24.3 Å². The Labute approximate surface area is 177 Å². The number of nitrogens with zero attached hydrogens (tertiary/aromatic N) is 1. The number of nitrogens with one attached hydrogen (secondary N) is 1. The average Bonchev–Trinajstić information content (AvgIpc) is 2.74. The summed E-state index contributed by atoms with van der Waals surface area (Å²) in [6.45, 7) is 0. The zero-order chi connectivity index (χ0) is 21.9. The van der Waals surface area contributed by atoms with Gasteiger partial charge in [0.15, 0.2) is 5.78 Å². The van der Waals surface area contributed by atoms with Crippen LogP contribution in [0.2, 0.25) is 5.02 Å². The van der Waals surface area contributed by atoms with Crippen LogP contribution in [0, 0.1) is 10.1 Å². The molecule has 0 spiro atoms. The number of benzene rings is 3. The number of para-hydroxylation sites is 1. The van der Waals surface area contributed by atoms with Crippen LogP contribution < -0.4 is 9.46 Å². The number of ketones is 1. The number of anilines is 1. The number of rotatable bonds is 7. The molecule has 0 radical (unpaired) electrons. The van der Waals surface area contributed by atoms with Gasteiger partial charge in [-0.1, -0.05) is 23.7 Å². The van der Waals surface area contributed by atoms with Crippen molar-refractivity contribution in [1.82, 2.24) is 0 Å². The number of halogens is 1. The van der Waals surface area contributed by atoms with Gasteiger partial charge in [-0.05, 0) is 42.5 Å². The van der Waals surface area contributed by atoms with Gasteiger partial charge in [0.25, 0.3) is 15.7 Å². The molecule has 0 saturated heterocycles. The van der Waals surface area contributed by atoms with Crippen LogP contribution in [0.15, 0.2) is 71.6 Å². The van der Waals surface area contributed by atoms with Crippen molar-refractivity contribution in [3.05, 3.63) is 93.0 Å². The highest BCUT2D eigenvalue weighted by Crippen LogP contribution is 2.29. The summed E-state index contributed by atoms with van der Waals surface area (Å²) in [6.07, 6.45) is 0. The van der Waals surface area contributed by atoms with Crippen LogP contribution in [0.4, 0.5) is 11.4 Å². The maximum atomic E-state index is 13.1. The van der Waals surface area contributed by atoms with E-state index in [1.54, 1.807) is 24.3 Å². The fourth-order valence-corrected chi connectivity index (χ4v) is 3.97. The minimum Gasteiger partial charge on any atom is -0.496 e. The lowest BCUT2D eigenvalue weighted by Gasteiger charge is -2.14. The average molecular weight is 447 g/mol. The molecule has 3 rings (SSSR count). The Hall–Kier alpha value is -3.43. The highest BCUT2D eigenvalue weighted by molar-refractivity contribution is 7.92. The minimum absolute atomic E-state index is 0.00802. The summed E-state index contributed by atoms with van der Waals surface area (Å²) in [5.74, 6) is -0.164. The van der Waals surface area contributed by atoms with Gasteiger partial charge in [-0.3, -0.25) is 19.6 Å². The van der Waals surface area contributed by atoms with Gasteiger partial charge in [-0.15, -0.1) is 0 Å².